The van der Waals surface area contributed by atoms with Crippen LogP contribution >= 0.6 is 0 Å². The molecule has 0 radical (unpaired) electrons. The van der Waals surface area contributed by atoms with E-state index in [0.29, 0.717) is 24.1 Å². The Hall–Kier alpha value is -2.16. The number of nitrogens with zero attached hydrogens (tertiary/aromatic N) is 4. The van der Waals surface area contributed by atoms with Crippen molar-refractivity contribution in [1.82, 2.24) is 20.2 Å². The Balaban J connectivity index is 2.50. The Labute approximate surface area is 123 Å². The Bertz CT molecular complexity index is 753. The molecule has 0 atom stereocenters. The van der Waals surface area contributed by atoms with Gasteiger partial charge in [0.2, 0.25) is 0 Å². The third-order valence-electron chi connectivity index (χ3n) is 3.09. The lowest BCUT2D eigenvalue weighted by Crippen LogP contribution is -2.17. The Morgan fingerprint density at radius 3 is 2.52 bits per heavy atom. The molecule has 3 N–H and O–H groups in total. The number of sulfonamides is 1. The molecule has 0 spiro atoms. The fraction of sp³-hybridized carbons (Fsp3) is 0.417. The predicted molar refractivity (Wildman–Crippen MR) is 79.2 cm³/mol. The summed E-state index contributed by atoms with van der Waals surface area (Å²) in [6, 6.07) is 3.44. The Morgan fingerprint density at radius 1 is 1.29 bits per heavy atom. The molecule has 0 bridgehead atoms. The molecule has 0 aliphatic carbocycles. The van der Waals surface area contributed by atoms with Crippen LogP contribution in [0.3, 0.4) is 0 Å². The van der Waals surface area contributed by atoms with Gasteiger partial charge in [0, 0.05) is 5.69 Å². The first-order valence-electron chi connectivity index (χ1n) is 6.55. The van der Waals surface area contributed by atoms with Crippen molar-refractivity contribution in [2.45, 2.75) is 31.6 Å². The van der Waals surface area contributed by atoms with Crippen LogP contribution in [0.25, 0.3) is 0 Å². The fourth-order valence-electron chi connectivity index (χ4n) is 2.05. The largest absolute Gasteiger partial charge is 0.398 e. The van der Waals surface area contributed by atoms with Gasteiger partial charge in [-0.05, 0) is 41.3 Å². The highest BCUT2D eigenvalue weighted by atomic mass is 32.2. The van der Waals surface area contributed by atoms with Crippen LogP contribution in [0.15, 0.2) is 17.0 Å². The minimum Gasteiger partial charge on any atom is -0.398 e. The van der Waals surface area contributed by atoms with Crippen LogP contribution in [0.2, 0.25) is 0 Å². The number of hydrogen-bond donors (Lipinski definition) is 2. The molecule has 0 amide bonds. The van der Waals surface area contributed by atoms with E-state index >= 15 is 0 Å². The van der Waals surface area contributed by atoms with Gasteiger partial charge in [-0.1, -0.05) is 18.9 Å². The predicted octanol–water partition coefficient (Wildman–Crippen LogP) is 0.718. The van der Waals surface area contributed by atoms with Crippen molar-refractivity contribution in [2.24, 2.45) is 7.05 Å². The average Bonchev–Trinajstić information content (AvgIpc) is 2.82. The zero-order chi connectivity index (χ0) is 15.6. The van der Waals surface area contributed by atoms with Crippen LogP contribution in [0.1, 0.15) is 25.0 Å². The molecule has 1 heterocycles. The van der Waals surface area contributed by atoms with E-state index in [1.54, 1.807) is 19.2 Å². The van der Waals surface area contributed by atoms with Crippen LogP contribution in [-0.2, 0) is 29.9 Å². The average molecular weight is 310 g/mol. The van der Waals surface area contributed by atoms with Crippen molar-refractivity contribution in [3.05, 3.63) is 23.3 Å². The van der Waals surface area contributed by atoms with Crippen molar-refractivity contribution in [3.8, 4) is 0 Å². The summed E-state index contributed by atoms with van der Waals surface area (Å²) in [5.74, 6) is -0.0694. The quantitative estimate of drug-likeness (QED) is 0.786. The maximum Gasteiger partial charge on any atom is 0.277 e. The smallest absolute Gasteiger partial charge is 0.277 e. The standard InChI is InChI=1S/C12H18N6O2S/c1-4-8-6-10(13)9(5-2)11(7-8)21(19,20)16-12-14-17-18(3)15-12/h6-7H,4-5,13H2,1-3H3,(H,15,16). The van der Waals surface area contributed by atoms with Gasteiger partial charge in [-0.25, -0.2) is 13.1 Å². The number of anilines is 2. The van der Waals surface area contributed by atoms with Crippen LogP contribution in [0.4, 0.5) is 11.6 Å². The number of aryl methyl sites for hydroxylation is 2. The van der Waals surface area contributed by atoms with Crippen molar-refractivity contribution in [3.63, 3.8) is 0 Å². The molecule has 1 aromatic heterocycles. The molecule has 8 nitrogen and oxygen atoms in total. The summed E-state index contributed by atoms with van der Waals surface area (Å²) in [5.41, 5.74) is 7.88. The number of tetrazole rings is 1. The summed E-state index contributed by atoms with van der Waals surface area (Å²) in [7, 11) is -2.25. The number of aromatic nitrogens is 4. The number of nitrogens with two attached hydrogens (primary N) is 1. The monoisotopic (exact) mass is 310 g/mol. The molecular formula is C12H18N6O2S. The third kappa shape index (κ3) is 3.13. The van der Waals surface area contributed by atoms with Crippen molar-refractivity contribution in [1.29, 1.82) is 0 Å². The van der Waals surface area contributed by atoms with Gasteiger partial charge in [0.1, 0.15) is 0 Å². The van der Waals surface area contributed by atoms with Crippen LogP contribution in [-0.4, -0.2) is 28.6 Å². The van der Waals surface area contributed by atoms with Gasteiger partial charge in [0.15, 0.2) is 0 Å². The first-order chi connectivity index (χ1) is 9.87. The summed E-state index contributed by atoms with van der Waals surface area (Å²) < 4.78 is 27.4. The van der Waals surface area contributed by atoms with E-state index < -0.39 is 10.0 Å². The summed E-state index contributed by atoms with van der Waals surface area (Å²) in [5, 5.41) is 11.0. The minimum absolute atomic E-state index is 0.0694. The Kier molecular flexibility index (Phi) is 4.12. The van der Waals surface area contributed by atoms with Gasteiger partial charge in [-0.2, -0.15) is 4.80 Å². The number of nitrogen functional groups attached to an aromatic ring is 1. The summed E-state index contributed by atoms with van der Waals surface area (Å²) in [4.78, 5) is 1.34. The molecule has 114 valence electrons. The van der Waals surface area contributed by atoms with E-state index in [1.165, 1.54) is 4.80 Å². The van der Waals surface area contributed by atoms with E-state index in [2.05, 4.69) is 20.1 Å². The maximum atomic E-state index is 12.5. The maximum absolute atomic E-state index is 12.5. The molecule has 0 saturated carbocycles. The number of rotatable bonds is 5. The topological polar surface area (TPSA) is 116 Å². The van der Waals surface area contributed by atoms with Crippen molar-refractivity contribution < 1.29 is 8.42 Å². The second-order valence-electron chi connectivity index (χ2n) is 4.58. The van der Waals surface area contributed by atoms with Gasteiger partial charge in [0.05, 0.1) is 11.9 Å². The highest BCUT2D eigenvalue weighted by Crippen LogP contribution is 2.26. The highest BCUT2D eigenvalue weighted by molar-refractivity contribution is 7.92. The number of hydrogen-bond acceptors (Lipinski definition) is 6. The van der Waals surface area contributed by atoms with Gasteiger partial charge >= 0.3 is 0 Å². The number of benzene rings is 1. The van der Waals surface area contributed by atoms with E-state index in [-0.39, 0.29) is 10.8 Å². The molecule has 0 aliphatic heterocycles. The lowest BCUT2D eigenvalue weighted by molar-refractivity contribution is 0.599. The molecule has 21 heavy (non-hydrogen) atoms. The molecule has 1 aromatic carbocycles. The van der Waals surface area contributed by atoms with Gasteiger partial charge in [-0.15, -0.1) is 5.10 Å². The summed E-state index contributed by atoms with van der Waals surface area (Å²) in [6.07, 6.45) is 1.21. The third-order valence-corrected chi connectivity index (χ3v) is 4.48. The SMILES string of the molecule is CCc1cc(N)c(CC)c(S(=O)(=O)Nc2nnn(C)n2)c1. The lowest BCUT2D eigenvalue weighted by Gasteiger charge is -2.13. The van der Waals surface area contributed by atoms with Gasteiger partial charge in [0.25, 0.3) is 16.0 Å². The molecule has 2 rings (SSSR count). The van der Waals surface area contributed by atoms with Gasteiger partial charge < -0.3 is 5.73 Å². The minimum atomic E-state index is -3.81. The first-order valence-corrected chi connectivity index (χ1v) is 8.03. The fourth-order valence-corrected chi connectivity index (χ4v) is 3.37. The molecular weight excluding hydrogens is 292 g/mol. The number of nitrogens with one attached hydrogen (secondary N) is 1. The molecule has 0 saturated heterocycles. The molecule has 2 aromatic rings. The van der Waals surface area contributed by atoms with E-state index in [4.69, 9.17) is 5.73 Å². The highest BCUT2D eigenvalue weighted by Gasteiger charge is 2.22. The second kappa shape index (κ2) is 5.68. The zero-order valence-electron chi connectivity index (χ0n) is 12.2. The first kappa shape index (κ1) is 15.2. The zero-order valence-corrected chi connectivity index (χ0v) is 13.0. The molecule has 0 fully saturated rings. The lowest BCUT2D eigenvalue weighted by atomic mass is 10.1. The van der Waals surface area contributed by atoms with Crippen LogP contribution in [0.5, 0.6) is 0 Å². The van der Waals surface area contributed by atoms with Gasteiger partial charge in [-0.3, -0.25) is 0 Å². The van der Waals surface area contributed by atoms with Crippen LogP contribution < -0.4 is 10.5 Å². The van der Waals surface area contributed by atoms with E-state index in [0.717, 1.165) is 5.56 Å². The molecule has 0 unspecified atom stereocenters. The molecule has 9 heteroatoms. The van der Waals surface area contributed by atoms with Crippen LogP contribution in [0, 0.1) is 0 Å². The summed E-state index contributed by atoms with van der Waals surface area (Å²) >= 11 is 0. The summed E-state index contributed by atoms with van der Waals surface area (Å²) in [6.45, 7) is 3.80. The molecule has 0 aliphatic rings. The second-order valence-corrected chi connectivity index (χ2v) is 6.23. The van der Waals surface area contributed by atoms with E-state index in [9.17, 15) is 8.42 Å². The Morgan fingerprint density at radius 2 is 2.00 bits per heavy atom. The van der Waals surface area contributed by atoms with Crippen molar-refractivity contribution in [2.75, 3.05) is 10.5 Å². The van der Waals surface area contributed by atoms with Crippen molar-refractivity contribution >= 4 is 21.7 Å². The normalized spacial score (nSPS) is 11.6. The van der Waals surface area contributed by atoms with E-state index in [1.807, 2.05) is 13.8 Å².